The van der Waals surface area contributed by atoms with Gasteiger partial charge in [-0.05, 0) is 24.6 Å². The van der Waals surface area contributed by atoms with Gasteiger partial charge in [0.25, 0.3) is 0 Å². The summed E-state index contributed by atoms with van der Waals surface area (Å²) in [7, 11) is 1.38. The number of ketones is 1. The van der Waals surface area contributed by atoms with Gasteiger partial charge in [0, 0.05) is 5.56 Å². The van der Waals surface area contributed by atoms with E-state index in [2.05, 4.69) is 15.9 Å². The fraction of sp³-hybridized carbons (Fsp3) is 0.333. The third-order valence-electron chi connectivity index (χ3n) is 2.43. The summed E-state index contributed by atoms with van der Waals surface area (Å²) in [5.74, 6) is -1.23. The Morgan fingerprint density at radius 2 is 2.00 bits per heavy atom. The minimum absolute atomic E-state index is 0.115. The zero-order valence-corrected chi connectivity index (χ0v) is 11.5. The Hall–Kier alpha value is -1.40. The van der Waals surface area contributed by atoms with E-state index in [-0.39, 0.29) is 17.1 Å². The molecular weight excluding hydrogens is 304 g/mol. The molecule has 1 rings (SSSR count). The van der Waals surface area contributed by atoms with Crippen LogP contribution < -0.4 is 4.74 Å². The van der Waals surface area contributed by atoms with Crippen LogP contribution in [0, 0.1) is 0 Å². The highest BCUT2D eigenvalue weighted by atomic mass is 79.9. The number of carbonyl (C=O) groups is 2. The molecule has 0 saturated carbocycles. The second kappa shape index (κ2) is 5.97. The van der Waals surface area contributed by atoms with Crippen molar-refractivity contribution in [3.05, 3.63) is 29.3 Å². The maximum absolute atomic E-state index is 11.3. The first-order valence-electron chi connectivity index (χ1n) is 5.11. The maximum atomic E-state index is 11.3. The van der Waals surface area contributed by atoms with Gasteiger partial charge in [0.1, 0.15) is 11.5 Å². The van der Waals surface area contributed by atoms with Crippen LogP contribution in [0.5, 0.6) is 5.75 Å². The Morgan fingerprint density at radius 3 is 2.44 bits per heavy atom. The summed E-state index contributed by atoms with van der Waals surface area (Å²) in [6.07, 6.45) is -1.69. The summed E-state index contributed by atoms with van der Waals surface area (Å²) in [5, 5.41) is 18.4. The van der Waals surface area contributed by atoms with Gasteiger partial charge in [-0.1, -0.05) is 22.0 Å². The number of aliphatic hydroxyl groups excluding tert-OH is 1. The summed E-state index contributed by atoms with van der Waals surface area (Å²) in [5.41, 5.74) is 0.687. The van der Waals surface area contributed by atoms with Crippen molar-refractivity contribution in [3.8, 4) is 5.75 Å². The number of halogens is 1. The molecule has 0 aromatic heterocycles. The van der Waals surface area contributed by atoms with Gasteiger partial charge in [-0.25, -0.2) is 4.79 Å². The van der Waals surface area contributed by atoms with Crippen molar-refractivity contribution < 1.29 is 24.5 Å². The highest BCUT2D eigenvalue weighted by Crippen LogP contribution is 2.32. The Balaban J connectivity index is 3.25. The van der Waals surface area contributed by atoms with Crippen LogP contribution >= 0.6 is 15.9 Å². The molecule has 0 radical (unpaired) electrons. The standard InChI is InChI=1S/C12H13BrO5/c1-6(14)10(13)7-3-4-9(18-2)8(5-7)11(15)12(16)17/h3-5,10-11,15H,1-2H3,(H,16,17). The SMILES string of the molecule is COc1ccc(C(Br)C(C)=O)cc1C(O)C(=O)O. The van der Waals surface area contributed by atoms with E-state index in [9.17, 15) is 14.7 Å². The molecule has 0 heterocycles. The first kappa shape index (κ1) is 14.7. The molecule has 2 atom stereocenters. The number of carboxylic acids is 1. The van der Waals surface area contributed by atoms with E-state index in [1.54, 1.807) is 6.07 Å². The van der Waals surface area contributed by atoms with E-state index in [1.807, 2.05) is 0 Å². The van der Waals surface area contributed by atoms with Gasteiger partial charge >= 0.3 is 5.97 Å². The summed E-state index contributed by atoms with van der Waals surface area (Å²) >= 11 is 3.20. The van der Waals surface area contributed by atoms with E-state index in [1.165, 1.54) is 26.2 Å². The minimum atomic E-state index is -1.69. The molecule has 18 heavy (non-hydrogen) atoms. The Bertz CT molecular complexity index is 472. The third-order valence-corrected chi connectivity index (χ3v) is 3.61. The fourth-order valence-corrected chi connectivity index (χ4v) is 1.78. The van der Waals surface area contributed by atoms with Gasteiger partial charge in [0.2, 0.25) is 0 Å². The van der Waals surface area contributed by atoms with Crippen molar-refractivity contribution in [1.29, 1.82) is 0 Å². The highest BCUT2D eigenvalue weighted by Gasteiger charge is 2.23. The molecule has 1 aromatic rings. The molecule has 1 aromatic carbocycles. The summed E-state index contributed by atoms with van der Waals surface area (Å²) in [4.78, 5) is 21.5. The second-order valence-electron chi connectivity index (χ2n) is 3.72. The van der Waals surface area contributed by atoms with Crippen LogP contribution in [-0.4, -0.2) is 29.1 Å². The van der Waals surface area contributed by atoms with Crippen LogP contribution in [0.15, 0.2) is 18.2 Å². The lowest BCUT2D eigenvalue weighted by molar-refractivity contribution is -0.147. The number of aliphatic carboxylic acids is 1. The van der Waals surface area contributed by atoms with Gasteiger partial charge in [-0.3, -0.25) is 4.79 Å². The van der Waals surface area contributed by atoms with Crippen LogP contribution in [0.3, 0.4) is 0 Å². The summed E-state index contributed by atoms with van der Waals surface area (Å²) in [6.45, 7) is 1.41. The van der Waals surface area contributed by atoms with Gasteiger partial charge in [0.15, 0.2) is 6.10 Å². The molecule has 5 nitrogen and oxygen atoms in total. The number of rotatable bonds is 5. The normalized spacial score (nSPS) is 13.8. The lowest BCUT2D eigenvalue weighted by Crippen LogP contribution is -2.13. The molecule has 0 aliphatic heterocycles. The Kier molecular flexibility index (Phi) is 4.86. The topological polar surface area (TPSA) is 83.8 Å². The predicted molar refractivity (Wildman–Crippen MR) is 67.9 cm³/mol. The molecular formula is C12H13BrO5. The molecule has 0 saturated heterocycles. The zero-order chi connectivity index (χ0) is 13.9. The molecule has 0 amide bonds. The number of alkyl halides is 1. The molecule has 0 aliphatic rings. The number of hydrogen-bond acceptors (Lipinski definition) is 4. The molecule has 2 unspecified atom stereocenters. The van der Waals surface area contributed by atoms with Crippen molar-refractivity contribution in [1.82, 2.24) is 0 Å². The average molecular weight is 317 g/mol. The molecule has 0 fully saturated rings. The van der Waals surface area contributed by atoms with Crippen LogP contribution in [-0.2, 0) is 9.59 Å². The number of carbonyl (C=O) groups excluding carboxylic acids is 1. The average Bonchev–Trinajstić information content (AvgIpc) is 2.35. The second-order valence-corrected chi connectivity index (χ2v) is 4.63. The largest absolute Gasteiger partial charge is 0.496 e. The maximum Gasteiger partial charge on any atom is 0.337 e. The van der Waals surface area contributed by atoms with E-state index in [0.29, 0.717) is 5.56 Å². The number of carboxylic acid groups (broad SMARTS) is 1. The Labute approximate surface area is 113 Å². The van der Waals surface area contributed by atoms with E-state index >= 15 is 0 Å². The lowest BCUT2D eigenvalue weighted by atomic mass is 10.0. The van der Waals surface area contributed by atoms with Crippen molar-refractivity contribution in [3.63, 3.8) is 0 Å². The number of aliphatic hydroxyl groups is 1. The number of hydrogen-bond donors (Lipinski definition) is 2. The first-order valence-corrected chi connectivity index (χ1v) is 6.03. The van der Waals surface area contributed by atoms with E-state index in [0.717, 1.165) is 0 Å². The monoisotopic (exact) mass is 316 g/mol. The highest BCUT2D eigenvalue weighted by molar-refractivity contribution is 9.09. The van der Waals surface area contributed by atoms with Gasteiger partial charge < -0.3 is 14.9 Å². The smallest absolute Gasteiger partial charge is 0.337 e. The molecule has 0 aliphatic carbocycles. The zero-order valence-electron chi connectivity index (χ0n) is 9.88. The van der Waals surface area contributed by atoms with Crippen molar-refractivity contribution >= 4 is 27.7 Å². The van der Waals surface area contributed by atoms with Gasteiger partial charge in [-0.15, -0.1) is 0 Å². The molecule has 98 valence electrons. The quantitative estimate of drug-likeness (QED) is 0.810. The van der Waals surface area contributed by atoms with Crippen molar-refractivity contribution in [2.24, 2.45) is 0 Å². The minimum Gasteiger partial charge on any atom is -0.496 e. The van der Waals surface area contributed by atoms with E-state index < -0.39 is 16.9 Å². The fourth-order valence-electron chi connectivity index (χ4n) is 1.49. The third kappa shape index (κ3) is 3.08. The summed E-state index contributed by atoms with van der Waals surface area (Å²) in [6, 6.07) is 4.60. The molecule has 2 N–H and O–H groups in total. The number of benzene rings is 1. The van der Waals surface area contributed by atoms with Crippen molar-refractivity contribution in [2.75, 3.05) is 7.11 Å². The van der Waals surface area contributed by atoms with Gasteiger partial charge in [0.05, 0.1) is 11.9 Å². The van der Waals surface area contributed by atoms with Crippen LogP contribution in [0.25, 0.3) is 0 Å². The summed E-state index contributed by atoms with van der Waals surface area (Å²) < 4.78 is 4.99. The molecule has 0 spiro atoms. The predicted octanol–water partition coefficient (Wildman–Crippen LogP) is 1.84. The van der Waals surface area contributed by atoms with Crippen LogP contribution in [0.1, 0.15) is 29.0 Å². The number of Topliss-reactive ketones (excluding diaryl/α,β-unsaturated/α-hetero) is 1. The molecule has 0 bridgehead atoms. The van der Waals surface area contributed by atoms with Crippen LogP contribution in [0.4, 0.5) is 0 Å². The molecule has 6 heteroatoms. The first-order chi connectivity index (χ1) is 8.38. The van der Waals surface area contributed by atoms with Crippen LogP contribution in [0.2, 0.25) is 0 Å². The number of methoxy groups -OCH3 is 1. The lowest BCUT2D eigenvalue weighted by Gasteiger charge is -2.14. The van der Waals surface area contributed by atoms with Crippen molar-refractivity contribution in [2.45, 2.75) is 17.9 Å². The van der Waals surface area contributed by atoms with Gasteiger partial charge in [-0.2, -0.15) is 0 Å². The van der Waals surface area contributed by atoms with E-state index in [4.69, 9.17) is 9.84 Å². The Morgan fingerprint density at radius 1 is 1.39 bits per heavy atom. The number of ether oxygens (including phenoxy) is 1.